The molecule has 2 rings (SSSR count). The molecule has 1 atom stereocenters. The summed E-state index contributed by atoms with van der Waals surface area (Å²) in [6.45, 7) is 11.9. The first kappa shape index (κ1) is 22.0. The van der Waals surface area contributed by atoms with Gasteiger partial charge in [-0.2, -0.15) is 0 Å². The molecule has 28 heavy (non-hydrogen) atoms. The Kier molecular flexibility index (Phi) is 6.88. The molecule has 2 aromatic carbocycles. The lowest BCUT2D eigenvalue weighted by Crippen LogP contribution is -2.32. The number of hydrogen-bond donors (Lipinski definition) is 1. The number of carbonyl (C=O) groups is 1. The first-order valence-corrected chi connectivity index (χ1v) is 11.2. The van der Waals surface area contributed by atoms with Crippen molar-refractivity contribution < 1.29 is 13.2 Å². The minimum Gasteiger partial charge on any atom is -0.346 e. The summed E-state index contributed by atoms with van der Waals surface area (Å²) in [6, 6.07) is 10.8. The van der Waals surface area contributed by atoms with E-state index in [1.54, 1.807) is 38.1 Å². The van der Waals surface area contributed by atoms with Crippen LogP contribution in [0.15, 0.2) is 36.4 Å². The second-order valence-electron chi connectivity index (χ2n) is 7.10. The number of hydrogen-bond acceptors (Lipinski definition) is 3. The zero-order valence-corrected chi connectivity index (χ0v) is 18.4. The van der Waals surface area contributed by atoms with Gasteiger partial charge in [-0.1, -0.05) is 12.1 Å². The highest BCUT2D eigenvalue weighted by Crippen LogP contribution is 2.23. The fourth-order valence-electron chi connectivity index (χ4n) is 3.28. The Morgan fingerprint density at radius 1 is 1.00 bits per heavy atom. The number of aryl methyl sites for hydroxylation is 3. The Bertz CT molecular complexity index is 950. The zero-order valence-electron chi connectivity index (χ0n) is 17.5. The Labute approximate surface area is 168 Å². The van der Waals surface area contributed by atoms with Crippen molar-refractivity contribution in [3.8, 4) is 0 Å². The normalized spacial score (nSPS) is 12.5. The third kappa shape index (κ3) is 4.73. The van der Waals surface area contributed by atoms with Gasteiger partial charge in [-0.05, 0) is 88.1 Å². The predicted octanol–water partition coefficient (Wildman–Crippen LogP) is 4.28. The van der Waals surface area contributed by atoms with Crippen LogP contribution in [0.25, 0.3) is 0 Å². The second kappa shape index (κ2) is 8.78. The van der Waals surface area contributed by atoms with Gasteiger partial charge in [0.15, 0.2) is 0 Å². The molecular weight excluding hydrogens is 372 g/mol. The van der Waals surface area contributed by atoms with Crippen molar-refractivity contribution in [3.05, 3.63) is 64.2 Å². The van der Waals surface area contributed by atoms with Gasteiger partial charge in [0, 0.05) is 12.1 Å². The molecule has 6 heteroatoms. The summed E-state index contributed by atoms with van der Waals surface area (Å²) >= 11 is 0. The molecule has 0 aliphatic carbocycles. The van der Waals surface area contributed by atoms with Crippen LogP contribution in [0.1, 0.15) is 59.4 Å². The van der Waals surface area contributed by atoms with E-state index in [1.165, 1.54) is 15.4 Å². The van der Waals surface area contributed by atoms with Gasteiger partial charge in [0.25, 0.3) is 5.91 Å². The van der Waals surface area contributed by atoms with Crippen LogP contribution in [-0.4, -0.2) is 26.6 Å². The van der Waals surface area contributed by atoms with Gasteiger partial charge in [-0.3, -0.25) is 9.10 Å². The lowest BCUT2D eigenvalue weighted by Gasteiger charge is -2.22. The van der Waals surface area contributed by atoms with E-state index in [0.29, 0.717) is 17.8 Å². The third-order valence-electron chi connectivity index (χ3n) is 5.10. The SMILES string of the molecule is CCN(c1ccc(C(=O)N[C@@H](C)c2cc(C)c(C)cc2C)cc1)S(=O)(=O)CC. The predicted molar refractivity (Wildman–Crippen MR) is 115 cm³/mol. The minimum atomic E-state index is -3.33. The largest absolute Gasteiger partial charge is 0.346 e. The zero-order chi connectivity index (χ0) is 21.1. The van der Waals surface area contributed by atoms with E-state index in [0.717, 1.165) is 11.1 Å². The number of amides is 1. The van der Waals surface area contributed by atoms with Crippen molar-refractivity contribution in [3.63, 3.8) is 0 Å². The van der Waals surface area contributed by atoms with Crippen LogP contribution in [0.3, 0.4) is 0 Å². The molecule has 0 fully saturated rings. The summed E-state index contributed by atoms with van der Waals surface area (Å²) in [5.41, 5.74) is 5.75. The fourth-order valence-corrected chi connectivity index (χ4v) is 4.43. The van der Waals surface area contributed by atoms with Crippen molar-refractivity contribution in [1.29, 1.82) is 0 Å². The van der Waals surface area contributed by atoms with E-state index >= 15 is 0 Å². The molecule has 0 heterocycles. The monoisotopic (exact) mass is 402 g/mol. The van der Waals surface area contributed by atoms with Gasteiger partial charge < -0.3 is 5.32 Å². The molecule has 1 amide bonds. The maximum absolute atomic E-state index is 12.7. The van der Waals surface area contributed by atoms with Gasteiger partial charge in [0.1, 0.15) is 0 Å². The molecule has 1 N–H and O–H groups in total. The average molecular weight is 403 g/mol. The van der Waals surface area contributed by atoms with Gasteiger partial charge in [0.2, 0.25) is 10.0 Å². The Balaban J connectivity index is 2.18. The molecule has 0 aliphatic heterocycles. The van der Waals surface area contributed by atoms with Crippen LogP contribution in [0, 0.1) is 20.8 Å². The van der Waals surface area contributed by atoms with E-state index in [2.05, 4.69) is 31.3 Å². The van der Waals surface area contributed by atoms with Crippen molar-refractivity contribution >= 4 is 21.6 Å². The van der Waals surface area contributed by atoms with Crippen molar-refractivity contribution in [2.24, 2.45) is 0 Å². The van der Waals surface area contributed by atoms with Gasteiger partial charge in [0.05, 0.1) is 17.5 Å². The van der Waals surface area contributed by atoms with E-state index in [-0.39, 0.29) is 17.7 Å². The Morgan fingerprint density at radius 3 is 2.11 bits per heavy atom. The number of nitrogens with one attached hydrogen (secondary N) is 1. The van der Waals surface area contributed by atoms with E-state index in [1.807, 2.05) is 13.8 Å². The van der Waals surface area contributed by atoms with Crippen LogP contribution >= 0.6 is 0 Å². The third-order valence-corrected chi connectivity index (χ3v) is 6.97. The number of carbonyl (C=O) groups excluding carboxylic acids is 1. The molecule has 152 valence electrons. The van der Waals surface area contributed by atoms with E-state index < -0.39 is 10.0 Å². The van der Waals surface area contributed by atoms with E-state index in [9.17, 15) is 13.2 Å². The van der Waals surface area contributed by atoms with Gasteiger partial charge >= 0.3 is 0 Å². The molecular formula is C22H30N2O3S. The van der Waals surface area contributed by atoms with Crippen LogP contribution < -0.4 is 9.62 Å². The maximum atomic E-state index is 12.7. The lowest BCUT2D eigenvalue weighted by atomic mass is 9.96. The molecule has 2 aromatic rings. The van der Waals surface area contributed by atoms with Crippen molar-refractivity contribution in [2.75, 3.05) is 16.6 Å². The summed E-state index contributed by atoms with van der Waals surface area (Å²) in [4.78, 5) is 12.7. The summed E-state index contributed by atoms with van der Waals surface area (Å²) in [6.07, 6.45) is 0. The van der Waals surface area contributed by atoms with Crippen molar-refractivity contribution in [2.45, 2.75) is 47.6 Å². The first-order chi connectivity index (χ1) is 13.1. The Hall–Kier alpha value is -2.34. The number of rotatable bonds is 7. The van der Waals surface area contributed by atoms with Crippen LogP contribution in [-0.2, 0) is 10.0 Å². The van der Waals surface area contributed by atoms with Gasteiger partial charge in [-0.25, -0.2) is 8.42 Å². The average Bonchev–Trinajstić information content (AvgIpc) is 2.65. The molecule has 5 nitrogen and oxygen atoms in total. The molecule has 0 unspecified atom stereocenters. The number of sulfonamides is 1. The highest BCUT2D eigenvalue weighted by atomic mass is 32.2. The minimum absolute atomic E-state index is 0.0376. The molecule has 0 saturated heterocycles. The van der Waals surface area contributed by atoms with E-state index in [4.69, 9.17) is 0 Å². The molecule has 0 bridgehead atoms. The van der Waals surface area contributed by atoms with Crippen LogP contribution in [0.2, 0.25) is 0 Å². The topological polar surface area (TPSA) is 66.5 Å². The number of nitrogens with zero attached hydrogens (tertiary/aromatic N) is 1. The molecule has 0 saturated carbocycles. The maximum Gasteiger partial charge on any atom is 0.251 e. The molecule has 0 spiro atoms. The van der Waals surface area contributed by atoms with Crippen LogP contribution in [0.4, 0.5) is 5.69 Å². The molecule has 0 radical (unpaired) electrons. The quantitative estimate of drug-likeness (QED) is 0.752. The summed E-state index contributed by atoms with van der Waals surface area (Å²) in [7, 11) is -3.33. The summed E-state index contributed by atoms with van der Waals surface area (Å²) < 4.78 is 25.7. The first-order valence-electron chi connectivity index (χ1n) is 9.59. The summed E-state index contributed by atoms with van der Waals surface area (Å²) in [5, 5.41) is 3.03. The number of anilines is 1. The molecule has 0 aromatic heterocycles. The smallest absolute Gasteiger partial charge is 0.251 e. The van der Waals surface area contributed by atoms with Gasteiger partial charge in [-0.15, -0.1) is 0 Å². The lowest BCUT2D eigenvalue weighted by molar-refractivity contribution is 0.0940. The second-order valence-corrected chi connectivity index (χ2v) is 9.28. The van der Waals surface area contributed by atoms with Crippen LogP contribution in [0.5, 0.6) is 0 Å². The highest BCUT2D eigenvalue weighted by Gasteiger charge is 2.19. The fraction of sp³-hybridized carbons (Fsp3) is 0.409. The summed E-state index contributed by atoms with van der Waals surface area (Å²) in [5.74, 6) is -0.145. The van der Waals surface area contributed by atoms with Crippen molar-refractivity contribution in [1.82, 2.24) is 5.32 Å². The number of benzene rings is 2. The Morgan fingerprint density at radius 2 is 1.57 bits per heavy atom. The standard InChI is InChI=1S/C22H30N2O3S/c1-7-24(28(26,27)8-2)20-11-9-19(10-12-20)22(25)23-18(6)21-14-16(4)15(3)13-17(21)5/h9-14,18H,7-8H2,1-6H3,(H,23,25)/t18-/m0/s1. The molecule has 0 aliphatic rings. The highest BCUT2D eigenvalue weighted by molar-refractivity contribution is 7.92.